The Bertz CT molecular complexity index is 518. The largest absolute Gasteiger partial charge is 0.472 e. The third-order valence-electron chi connectivity index (χ3n) is 4.54. The first kappa shape index (κ1) is 30.0. The van der Waals surface area contributed by atoms with Crippen LogP contribution in [0.25, 0.3) is 0 Å². The van der Waals surface area contributed by atoms with Crippen molar-refractivity contribution >= 4 is 19.7 Å². The smallest absolute Gasteiger partial charge is 0.463 e. The zero-order chi connectivity index (χ0) is 23.4. The Balaban J connectivity index is 3.73. The summed E-state index contributed by atoms with van der Waals surface area (Å²) in [5.41, 5.74) is 0. The molecule has 9 nitrogen and oxygen atoms in total. The average Bonchev–Trinajstić information content (AvgIpc) is 2.73. The fourth-order valence-electron chi connectivity index (χ4n) is 2.73. The predicted molar refractivity (Wildman–Crippen MR) is 118 cm³/mol. The van der Waals surface area contributed by atoms with E-state index in [0.29, 0.717) is 6.42 Å². The van der Waals surface area contributed by atoms with Crippen LogP contribution in [-0.2, 0) is 27.9 Å². The Hall–Kier alpha value is -0.990. The van der Waals surface area contributed by atoms with E-state index in [9.17, 15) is 24.2 Å². The van der Waals surface area contributed by atoms with Crippen LogP contribution in [-0.4, -0.2) is 54.3 Å². The van der Waals surface area contributed by atoms with E-state index in [1.165, 1.54) is 25.7 Å². The lowest BCUT2D eigenvalue weighted by Gasteiger charge is -2.15. The monoisotopic (exact) mass is 467 g/mol. The molecule has 184 valence electrons. The van der Waals surface area contributed by atoms with Crippen molar-refractivity contribution in [3.05, 3.63) is 0 Å². The third-order valence-corrected chi connectivity index (χ3v) is 5.52. The van der Waals surface area contributed by atoms with Gasteiger partial charge < -0.3 is 20.1 Å². The molecule has 2 atom stereocenters. The van der Waals surface area contributed by atoms with Crippen molar-refractivity contribution in [1.29, 1.82) is 0 Å². The van der Waals surface area contributed by atoms with Crippen LogP contribution >= 0.6 is 7.82 Å². The molecule has 3 N–H and O–H groups in total. The van der Waals surface area contributed by atoms with Crippen molar-refractivity contribution in [3.63, 3.8) is 0 Å². The number of nitrogens with one attached hydrogen (secondary N) is 1. The van der Waals surface area contributed by atoms with Gasteiger partial charge in [0.15, 0.2) is 0 Å². The summed E-state index contributed by atoms with van der Waals surface area (Å²) in [5, 5.41) is 12.3. The van der Waals surface area contributed by atoms with Gasteiger partial charge in [-0.15, -0.1) is 0 Å². The molecule has 0 saturated heterocycles. The summed E-state index contributed by atoms with van der Waals surface area (Å²) >= 11 is 0. The van der Waals surface area contributed by atoms with E-state index >= 15 is 0 Å². The summed E-state index contributed by atoms with van der Waals surface area (Å²) in [6.45, 7) is 3.25. The van der Waals surface area contributed by atoms with E-state index in [1.54, 1.807) is 0 Å². The first-order chi connectivity index (χ1) is 14.8. The molecule has 0 heterocycles. The van der Waals surface area contributed by atoms with Gasteiger partial charge in [-0.05, 0) is 12.8 Å². The molecule has 0 bridgehead atoms. The Labute approximate surface area is 186 Å². The highest BCUT2D eigenvalue weighted by Crippen LogP contribution is 2.42. The summed E-state index contributed by atoms with van der Waals surface area (Å²) in [6.07, 6.45) is 9.96. The molecule has 0 aromatic heterocycles. The van der Waals surface area contributed by atoms with Crippen molar-refractivity contribution in [1.82, 2.24) is 5.32 Å². The quantitative estimate of drug-likeness (QED) is 0.132. The molecule has 10 heteroatoms. The molecule has 0 aromatic rings. The van der Waals surface area contributed by atoms with Crippen LogP contribution in [0.3, 0.4) is 0 Å². The Kier molecular flexibility index (Phi) is 19.0. The third kappa shape index (κ3) is 20.7. The molecule has 0 fully saturated rings. The highest BCUT2D eigenvalue weighted by atomic mass is 31.2. The molecule has 0 spiro atoms. The molecule has 0 aliphatic rings. The van der Waals surface area contributed by atoms with E-state index in [-0.39, 0.29) is 32.1 Å². The summed E-state index contributed by atoms with van der Waals surface area (Å²) in [6, 6.07) is 0. The number of aliphatic hydroxyl groups excluding tert-OH is 1. The van der Waals surface area contributed by atoms with Gasteiger partial charge in [0.05, 0.1) is 13.2 Å². The fourth-order valence-corrected chi connectivity index (χ4v) is 3.49. The number of carbonyl (C=O) groups is 2. The lowest BCUT2D eigenvalue weighted by molar-refractivity contribution is -0.147. The molecule has 0 aliphatic heterocycles. The molecular formula is C21H42NO8P. The number of unbranched alkanes of at least 4 members (excludes halogenated alkanes) is 8. The fraction of sp³-hybridized carbons (Fsp3) is 0.905. The van der Waals surface area contributed by atoms with Crippen LogP contribution in [0.2, 0.25) is 0 Å². The lowest BCUT2D eigenvalue weighted by Crippen LogP contribution is -2.27. The van der Waals surface area contributed by atoms with Gasteiger partial charge in [0.25, 0.3) is 0 Å². The number of ether oxygens (including phenoxy) is 1. The number of rotatable bonds is 21. The van der Waals surface area contributed by atoms with Gasteiger partial charge in [0.1, 0.15) is 12.7 Å². The molecule has 1 amide bonds. The molecule has 0 saturated carbocycles. The van der Waals surface area contributed by atoms with Crippen molar-refractivity contribution in [2.24, 2.45) is 0 Å². The van der Waals surface area contributed by atoms with Crippen molar-refractivity contribution < 1.29 is 37.9 Å². The van der Waals surface area contributed by atoms with Crippen molar-refractivity contribution in [2.75, 3.05) is 26.4 Å². The molecule has 0 radical (unpaired) electrons. The van der Waals surface area contributed by atoms with Crippen LogP contribution in [0, 0.1) is 0 Å². The number of phosphoric ester groups is 1. The zero-order valence-electron chi connectivity index (χ0n) is 19.2. The van der Waals surface area contributed by atoms with Gasteiger partial charge in [0, 0.05) is 19.4 Å². The van der Waals surface area contributed by atoms with Gasteiger partial charge in [-0.2, -0.15) is 0 Å². The van der Waals surface area contributed by atoms with Crippen molar-refractivity contribution in [2.45, 2.75) is 97.0 Å². The Morgan fingerprint density at radius 3 is 2.13 bits per heavy atom. The normalized spacial score (nSPS) is 14.1. The van der Waals surface area contributed by atoms with E-state index < -0.39 is 26.5 Å². The minimum atomic E-state index is -4.37. The lowest BCUT2D eigenvalue weighted by atomic mass is 10.1. The number of esters is 1. The second-order valence-electron chi connectivity index (χ2n) is 7.61. The maximum atomic E-state index is 11.8. The highest BCUT2D eigenvalue weighted by Gasteiger charge is 2.23. The predicted octanol–water partition coefficient (Wildman–Crippen LogP) is 3.86. The molecule has 0 aromatic carbocycles. The van der Waals surface area contributed by atoms with E-state index in [0.717, 1.165) is 38.5 Å². The summed E-state index contributed by atoms with van der Waals surface area (Å²) in [5.74, 6) is -0.551. The maximum absolute atomic E-state index is 11.8. The van der Waals surface area contributed by atoms with E-state index in [1.807, 2.05) is 6.92 Å². The molecule has 2 unspecified atom stereocenters. The molecule has 31 heavy (non-hydrogen) atoms. The Morgan fingerprint density at radius 2 is 1.45 bits per heavy atom. The van der Waals surface area contributed by atoms with Crippen LogP contribution in [0.5, 0.6) is 0 Å². The second kappa shape index (κ2) is 19.7. The SMILES string of the molecule is CCCCCCCCCC(=O)NCCOP(=O)(O)OCC(O)COC(=O)CCCCC. The molecule has 0 aliphatic carbocycles. The number of hydrogen-bond donors (Lipinski definition) is 3. The van der Waals surface area contributed by atoms with Crippen LogP contribution in [0.4, 0.5) is 0 Å². The van der Waals surface area contributed by atoms with Gasteiger partial charge in [-0.25, -0.2) is 4.57 Å². The minimum absolute atomic E-state index is 0.0845. The minimum Gasteiger partial charge on any atom is -0.463 e. The number of phosphoric acid groups is 1. The number of amides is 1. The average molecular weight is 468 g/mol. The topological polar surface area (TPSA) is 131 Å². The second-order valence-corrected chi connectivity index (χ2v) is 9.07. The summed E-state index contributed by atoms with van der Waals surface area (Å²) in [7, 11) is -4.37. The first-order valence-electron chi connectivity index (χ1n) is 11.5. The van der Waals surface area contributed by atoms with E-state index in [4.69, 9.17) is 9.26 Å². The summed E-state index contributed by atoms with van der Waals surface area (Å²) < 4.78 is 26.1. The van der Waals surface area contributed by atoms with E-state index in [2.05, 4.69) is 16.8 Å². The van der Waals surface area contributed by atoms with Crippen LogP contribution in [0.1, 0.15) is 90.9 Å². The highest BCUT2D eigenvalue weighted by molar-refractivity contribution is 7.47. The van der Waals surface area contributed by atoms with Gasteiger partial charge in [-0.1, -0.05) is 65.2 Å². The van der Waals surface area contributed by atoms with Gasteiger partial charge in [0.2, 0.25) is 5.91 Å². The first-order valence-corrected chi connectivity index (χ1v) is 13.0. The van der Waals surface area contributed by atoms with Crippen molar-refractivity contribution in [3.8, 4) is 0 Å². The molecule has 0 rings (SSSR count). The maximum Gasteiger partial charge on any atom is 0.472 e. The van der Waals surface area contributed by atoms with Gasteiger partial charge >= 0.3 is 13.8 Å². The number of aliphatic hydroxyl groups is 1. The number of hydrogen-bond acceptors (Lipinski definition) is 7. The van der Waals surface area contributed by atoms with Gasteiger partial charge in [-0.3, -0.25) is 18.6 Å². The standard InChI is InChI=1S/C21H42NO8P/c1-3-5-7-8-9-10-12-13-20(24)22-15-16-29-31(26,27)30-18-19(23)17-28-21(25)14-11-6-4-2/h19,23H,3-18H2,1-2H3,(H,22,24)(H,26,27). The van der Waals surface area contributed by atoms with Crippen LogP contribution in [0.15, 0.2) is 0 Å². The zero-order valence-corrected chi connectivity index (χ0v) is 20.1. The Morgan fingerprint density at radius 1 is 0.871 bits per heavy atom. The summed E-state index contributed by atoms with van der Waals surface area (Å²) in [4.78, 5) is 32.8. The molecular weight excluding hydrogens is 425 g/mol. The number of carbonyl (C=O) groups excluding carboxylic acids is 2. The van der Waals surface area contributed by atoms with Crippen LogP contribution < -0.4 is 5.32 Å².